The number of nitrogens with zero attached hydrogens (tertiary/aromatic N) is 4. The average molecular weight is 394 g/mol. The Labute approximate surface area is 173 Å². The molecule has 3 aliphatic heterocycles. The third-order valence-electron chi connectivity index (χ3n) is 6.77. The minimum atomic E-state index is 0.398. The second kappa shape index (κ2) is 8.28. The number of ether oxygens (including phenoxy) is 1. The number of piperidine rings is 1. The molecule has 1 unspecified atom stereocenters. The lowest BCUT2D eigenvalue weighted by molar-refractivity contribution is 0.153. The molecular formula is C23H31N5O. The first kappa shape index (κ1) is 18.8. The Morgan fingerprint density at radius 2 is 1.86 bits per heavy atom. The highest BCUT2D eigenvalue weighted by molar-refractivity contribution is 5.46. The average Bonchev–Trinajstić information content (AvgIpc) is 3.34. The van der Waals surface area contributed by atoms with Crippen molar-refractivity contribution in [3.8, 4) is 0 Å². The molecule has 3 aliphatic rings. The van der Waals surface area contributed by atoms with Crippen LogP contribution < -0.4 is 10.2 Å². The summed E-state index contributed by atoms with van der Waals surface area (Å²) in [7, 11) is 1.90. The van der Waals surface area contributed by atoms with Crippen LogP contribution in [-0.2, 0) is 17.7 Å². The van der Waals surface area contributed by atoms with Crippen LogP contribution in [0.1, 0.15) is 42.0 Å². The van der Waals surface area contributed by atoms with Gasteiger partial charge >= 0.3 is 0 Å². The first-order chi connectivity index (χ1) is 14.3. The topological polar surface area (TPSA) is 53.5 Å². The number of aromatic nitrogens is 2. The third kappa shape index (κ3) is 3.96. The summed E-state index contributed by atoms with van der Waals surface area (Å²) in [5, 5.41) is 3.14. The Balaban J connectivity index is 1.25. The lowest BCUT2D eigenvalue weighted by Gasteiger charge is -2.41. The SMILES string of the molecule is CNc1nc(C2CCOC2)cc(N2CCC(N3CCc4ccccc4C3)CC2)n1. The Hall–Kier alpha value is -2.18. The summed E-state index contributed by atoms with van der Waals surface area (Å²) in [6.45, 7) is 6.02. The highest BCUT2D eigenvalue weighted by atomic mass is 16.5. The molecular weight excluding hydrogens is 362 g/mol. The fraction of sp³-hybridized carbons (Fsp3) is 0.565. The van der Waals surface area contributed by atoms with Crippen molar-refractivity contribution in [2.75, 3.05) is 50.1 Å². The number of rotatable bonds is 4. The number of benzene rings is 1. The van der Waals surface area contributed by atoms with Crippen LogP contribution in [0.5, 0.6) is 0 Å². The maximum absolute atomic E-state index is 5.58. The van der Waals surface area contributed by atoms with Crippen LogP contribution in [0.15, 0.2) is 30.3 Å². The van der Waals surface area contributed by atoms with Gasteiger partial charge in [0.25, 0.3) is 0 Å². The van der Waals surface area contributed by atoms with Gasteiger partial charge in [-0.1, -0.05) is 24.3 Å². The summed E-state index contributed by atoms with van der Waals surface area (Å²) < 4.78 is 5.58. The van der Waals surface area contributed by atoms with Crippen LogP contribution in [-0.4, -0.2) is 60.8 Å². The molecule has 0 saturated carbocycles. The summed E-state index contributed by atoms with van der Waals surface area (Å²) in [5.41, 5.74) is 4.16. The van der Waals surface area contributed by atoms with Gasteiger partial charge in [0, 0.05) is 57.9 Å². The molecule has 6 heteroatoms. The van der Waals surface area contributed by atoms with Crippen LogP contribution in [0.25, 0.3) is 0 Å². The Morgan fingerprint density at radius 1 is 1.03 bits per heavy atom. The second-order valence-corrected chi connectivity index (χ2v) is 8.49. The number of fused-ring (bicyclic) bond motifs is 1. The van der Waals surface area contributed by atoms with Crippen molar-refractivity contribution in [2.45, 2.75) is 44.2 Å². The first-order valence-electron chi connectivity index (χ1n) is 11.0. The number of hydrogen-bond acceptors (Lipinski definition) is 6. The van der Waals surface area contributed by atoms with E-state index >= 15 is 0 Å². The summed E-state index contributed by atoms with van der Waals surface area (Å²) in [6.07, 6.45) is 4.63. The van der Waals surface area contributed by atoms with Gasteiger partial charge in [0.05, 0.1) is 12.3 Å². The lowest BCUT2D eigenvalue weighted by Crippen LogP contribution is -2.46. The molecule has 154 valence electrons. The van der Waals surface area contributed by atoms with Gasteiger partial charge in [-0.05, 0) is 36.8 Å². The standard InChI is InChI=1S/C23H31N5O/c1-24-23-25-21(19-9-13-29-16-19)14-22(26-23)27-11-7-20(8-12-27)28-10-6-17-4-2-3-5-18(17)15-28/h2-5,14,19-20H,6-13,15-16H2,1H3,(H,24,25,26). The number of anilines is 2. The molecule has 1 atom stereocenters. The fourth-order valence-electron chi connectivity index (χ4n) is 4.99. The van der Waals surface area contributed by atoms with Crippen LogP contribution in [0.2, 0.25) is 0 Å². The molecule has 1 aromatic heterocycles. The second-order valence-electron chi connectivity index (χ2n) is 8.49. The van der Waals surface area contributed by atoms with E-state index in [1.807, 2.05) is 7.05 Å². The van der Waals surface area contributed by atoms with E-state index in [9.17, 15) is 0 Å². The van der Waals surface area contributed by atoms with Gasteiger partial charge in [-0.25, -0.2) is 4.98 Å². The van der Waals surface area contributed by atoms with Crippen LogP contribution in [0.4, 0.5) is 11.8 Å². The molecule has 2 fully saturated rings. The maximum Gasteiger partial charge on any atom is 0.224 e. The van der Waals surface area contributed by atoms with E-state index in [1.165, 1.54) is 36.9 Å². The normalized spacial score (nSPS) is 23.2. The molecule has 4 heterocycles. The quantitative estimate of drug-likeness (QED) is 0.862. The molecule has 0 amide bonds. The Bertz CT molecular complexity index is 843. The predicted molar refractivity (Wildman–Crippen MR) is 116 cm³/mol. The van der Waals surface area contributed by atoms with Crippen LogP contribution in [0, 0.1) is 0 Å². The minimum absolute atomic E-state index is 0.398. The maximum atomic E-state index is 5.58. The van der Waals surface area contributed by atoms with Gasteiger partial charge in [0.15, 0.2) is 0 Å². The summed E-state index contributed by atoms with van der Waals surface area (Å²) in [5.74, 6) is 2.18. The van der Waals surface area contributed by atoms with E-state index < -0.39 is 0 Å². The molecule has 1 N–H and O–H groups in total. The fourth-order valence-corrected chi connectivity index (χ4v) is 4.99. The molecule has 6 nitrogen and oxygen atoms in total. The Kier molecular flexibility index (Phi) is 5.38. The van der Waals surface area contributed by atoms with E-state index in [0.29, 0.717) is 12.0 Å². The van der Waals surface area contributed by atoms with Crippen molar-refractivity contribution >= 4 is 11.8 Å². The molecule has 29 heavy (non-hydrogen) atoms. The highest BCUT2D eigenvalue weighted by Gasteiger charge is 2.28. The molecule has 0 spiro atoms. The van der Waals surface area contributed by atoms with Crippen molar-refractivity contribution in [2.24, 2.45) is 0 Å². The molecule has 5 rings (SSSR count). The first-order valence-corrected chi connectivity index (χ1v) is 11.0. The smallest absolute Gasteiger partial charge is 0.224 e. The largest absolute Gasteiger partial charge is 0.381 e. The molecule has 2 aromatic rings. The van der Waals surface area contributed by atoms with Crippen molar-refractivity contribution in [3.05, 3.63) is 47.2 Å². The molecule has 0 radical (unpaired) electrons. The van der Waals surface area contributed by atoms with Gasteiger partial charge in [0.2, 0.25) is 5.95 Å². The van der Waals surface area contributed by atoms with E-state index in [0.717, 1.165) is 56.7 Å². The monoisotopic (exact) mass is 393 g/mol. The zero-order valence-electron chi connectivity index (χ0n) is 17.3. The number of hydrogen-bond donors (Lipinski definition) is 1. The predicted octanol–water partition coefficient (Wildman–Crippen LogP) is 3.05. The molecule has 1 aromatic carbocycles. The van der Waals surface area contributed by atoms with Crippen molar-refractivity contribution in [1.29, 1.82) is 0 Å². The summed E-state index contributed by atoms with van der Waals surface area (Å²) in [6, 6.07) is 11.8. The van der Waals surface area contributed by atoms with Crippen molar-refractivity contribution in [3.63, 3.8) is 0 Å². The van der Waals surface area contributed by atoms with Gasteiger partial charge in [0.1, 0.15) is 5.82 Å². The van der Waals surface area contributed by atoms with Gasteiger partial charge in [-0.2, -0.15) is 4.98 Å². The van der Waals surface area contributed by atoms with Gasteiger partial charge < -0.3 is 15.0 Å². The van der Waals surface area contributed by atoms with Crippen molar-refractivity contribution in [1.82, 2.24) is 14.9 Å². The summed E-state index contributed by atoms with van der Waals surface area (Å²) >= 11 is 0. The van der Waals surface area contributed by atoms with Crippen molar-refractivity contribution < 1.29 is 4.74 Å². The van der Waals surface area contributed by atoms with Crippen LogP contribution in [0.3, 0.4) is 0 Å². The number of nitrogens with one attached hydrogen (secondary N) is 1. The molecule has 0 aliphatic carbocycles. The van der Waals surface area contributed by atoms with Gasteiger partial charge in [-0.15, -0.1) is 0 Å². The third-order valence-corrected chi connectivity index (χ3v) is 6.77. The van der Waals surface area contributed by atoms with E-state index in [4.69, 9.17) is 14.7 Å². The zero-order valence-corrected chi connectivity index (χ0v) is 17.3. The summed E-state index contributed by atoms with van der Waals surface area (Å²) in [4.78, 5) is 14.6. The molecule has 2 saturated heterocycles. The Morgan fingerprint density at radius 3 is 2.62 bits per heavy atom. The van der Waals surface area contributed by atoms with E-state index in [2.05, 4.69) is 45.4 Å². The molecule has 0 bridgehead atoms. The van der Waals surface area contributed by atoms with E-state index in [-0.39, 0.29) is 0 Å². The highest BCUT2D eigenvalue weighted by Crippen LogP contribution is 2.30. The van der Waals surface area contributed by atoms with E-state index in [1.54, 1.807) is 0 Å². The zero-order chi connectivity index (χ0) is 19.6. The minimum Gasteiger partial charge on any atom is -0.381 e. The van der Waals surface area contributed by atoms with Gasteiger partial charge in [-0.3, -0.25) is 4.90 Å². The lowest BCUT2D eigenvalue weighted by atomic mass is 9.95. The van der Waals surface area contributed by atoms with Crippen LogP contribution >= 0.6 is 0 Å².